The summed E-state index contributed by atoms with van der Waals surface area (Å²) in [5.41, 5.74) is 0.387. The van der Waals surface area contributed by atoms with Crippen LogP contribution in [0.5, 0.6) is 5.75 Å². The molecular formula is C17H14F2N2O3S. The van der Waals surface area contributed by atoms with Gasteiger partial charge in [-0.1, -0.05) is 6.07 Å². The summed E-state index contributed by atoms with van der Waals surface area (Å²) in [5, 5.41) is -0.186. The van der Waals surface area contributed by atoms with Crippen molar-refractivity contribution in [2.45, 2.75) is 11.9 Å². The van der Waals surface area contributed by atoms with Gasteiger partial charge in [-0.05, 0) is 37.3 Å². The second kappa shape index (κ2) is 6.29. The first kappa shape index (κ1) is 17.1. The number of methoxy groups -OCH3 is 1. The Balaban J connectivity index is 2.27. The molecule has 0 saturated carbocycles. The molecule has 1 aromatic carbocycles. The molecule has 130 valence electrons. The number of pyridine rings is 1. The topological polar surface area (TPSA) is 61.2 Å². The molecule has 0 spiro atoms. The highest BCUT2D eigenvalue weighted by Gasteiger charge is 2.26. The van der Waals surface area contributed by atoms with Gasteiger partial charge in [0, 0.05) is 23.5 Å². The van der Waals surface area contributed by atoms with Crippen molar-refractivity contribution in [2.75, 3.05) is 7.11 Å². The Morgan fingerprint density at radius 3 is 2.52 bits per heavy atom. The van der Waals surface area contributed by atoms with Gasteiger partial charge < -0.3 is 4.74 Å². The van der Waals surface area contributed by atoms with Gasteiger partial charge >= 0.3 is 0 Å². The zero-order valence-electron chi connectivity index (χ0n) is 13.4. The number of halogens is 2. The molecule has 25 heavy (non-hydrogen) atoms. The lowest BCUT2D eigenvalue weighted by molar-refractivity contribution is 0.416. The van der Waals surface area contributed by atoms with E-state index in [4.69, 9.17) is 4.74 Å². The van der Waals surface area contributed by atoms with Crippen LogP contribution in [0.15, 0.2) is 53.7 Å². The first-order valence-electron chi connectivity index (χ1n) is 7.24. The van der Waals surface area contributed by atoms with Gasteiger partial charge in [-0.15, -0.1) is 0 Å². The van der Waals surface area contributed by atoms with Crippen LogP contribution in [0, 0.1) is 18.6 Å². The molecule has 0 fully saturated rings. The van der Waals surface area contributed by atoms with Crippen molar-refractivity contribution >= 4 is 10.0 Å². The molecule has 3 rings (SSSR count). The van der Waals surface area contributed by atoms with Crippen LogP contribution < -0.4 is 4.74 Å². The highest BCUT2D eigenvalue weighted by molar-refractivity contribution is 7.90. The van der Waals surface area contributed by atoms with Crippen LogP contribution in [-0.4, -0.2) is 24.5 Å². The van der Waals surface area contributed by atoms with Crippen molar-refractivity contribution in [3.8, 4) is 17.0 Å². The normalized spacial score (nSPS) is 11.5. The van der Waals surface area contributed by atoms with Gasteiger partial charge in [0.25, 0.3) is 10.0 Å². The Morgan fingerprint density at radius 2 is 1.88 bits per heavy atom. The molecular weight excluding hydrogens is 350 g/mol. The van der Waals surface area contributed by atoms with E-state index in [-0.39, 0.29) is 22.0 Å². The van der Waals surface area contributed by atoms with Crippen LogP contribution in [0.4, 0.5) is 8.78 Å². The molecule has 0 aliphatic heterocycles. The van der Waals surface area contributed by atoms with Crippen molar-refractivity contribution in [3.63, 3.8) is 0 Å². The third-order valence-corrected chi connectivity index (χ3v) is 5.19. The lowest BCUT2D eigenvalue weighted by Gasteiger charge is -2.12. The summed E-state index contributed by atoms with van der Waals surface area (Å²) in [6, 6.07) is 8.86. The molecule has 0 amide bonds. The summed E-state index contributed by atoms with van der Waals surface area (Å²) in [7, 11) is -2.76. The van der Waals surface area contributed by atoms with E-state index in [0.29, 0.717) is 11.8 Å². The van der Waals surface area contributed by atoms with E-state index in [1.807, 2.05) is 0 Å². The molecule has 0 N–H and O–H groups in total. The summed E-state index contributed by atoms with van der Waals surface area (Å²) < 4.78 is 59.4. The molecule has 0 unspecified atom stereocenters. The smallest absolute Gasteiger partial charge is 0.285 e. The van der Waals surface area contributed by atoms with Gasteiger partial charge in [0.1, 0.15) is 23.1 Å². The van der Waals surface area contributed by atoms with Crippen LogP contribution in [0.25, 0.3) is 11.3 Å². The SMILES string of the molecule is COc1ccn(S(=O)(=O)c2cccc(C)n2)c1-c1ccc(F)cc1F. The van der Waals surface area contributed by atoms with E-state index in [2.05, 4.69) is 4.98 Å². The fraction of sp³-hybridized carbons (Fsp3) is 0.118. The van der Waals surface area contributed by atoms with Crippen molar-refractivity contribution in [3.05, 3.63) is 66.0 Å². The van der Waals surface area contributed by atoms with E-state index >= 15 is 0 Å². The van der Waals surface area contributed by atoms with Gasteiger partial charge in [0.05, 0.1) is 7.11 Å². The van der Waals surface area contributed by atoms with Gasteiger partial charge in [0.2, 0.25) is 0 Å². The molecule has 3 aromatic rings. The highest BCUT2D eigenvalue weighted by Crippen LogP contribution is 2.35. The monoisotopic (exact) mass is 364 g/mol. The number of hydrogen-bond acceptors (Lipinski definition) is 4. The fourth-order valence-electron chi connectivity index (χ4n) is 2.46. The zero-order chi connectivity index (χ0) is 18.2. The number of benzene rings is 1. The summed E-state index contributed by atoms with van der Waals surface area (Å²) in [4.78, 5) is 4.02. The molecule has 2 aromatic heterocycles. The number of hydrogen-bond donors (Lipinski definition) is 0. The lowest BCUT2D eigenvalue weighted by atomic mass is 10.1. The van der Waals surface area contributed by atoms with Gasteiger partial charge in [-0.2, -0.15) is 8.42 Å². The Hall–Kier alpha value is -2.74. The molecule has 8 heteroatoms. The molecule has 0 saturated heterocycles. The third-order valence-electron chi connectivity index (χ3n) is 3.61. The van der Waals surface area contributed by atoms with E-state index in [0.717, 1.165) is 16.1 Å². The lowest BCUT2D eigenvalue weighted by Crippen LogP contribution is -2.15. The standard InChI is InChI=1S/C17H14F2N2O3S/c1-11-4-3-5-16(20-11)25(22,23)21-9-8-15(24-2)17(21)13-7-6-12(18)10-14(13)19/h3-10H,1-2H3. The van der Waals surface area contributed by atoms with Crippen LogP contribution >= 0.6 is 0 Å². The molecule has 0 atom stereocenters. The predicted octanol–water partition coefficient (Wildman–Crippen LogP) is 3.38. The summed E-state index contributed by atoms with van der Waals surface area (Å²) in [6.45, 7) is 1.66. The first-order valence-corrected chi connectivity index (χ1v) is 8.68. The molecule has 0 aliphatic rings. The average molecular weight is 364 g/mol. The number of ether oxygens (including phenoxy) is 1. The molecule has 5 nitrogen and oxygen atoms in total. The van der Waals surface area contributed by atoms with E-state index in [1.165, 1.54) is 25.4 Å². The van der Waals surface area contributed by atoms with Gasteiger partial charge in [0.15, 0.2) is 5.03 Å². The number of rotatable bonds is 4. The molecule has 0 bridgehead atoms. The summed E-state index contributed by atoms with van der Waals surface area (Å²) >= 11 is 0. The zero-order valence-corrected chi connectivity index (χ0v) is 14.2. The van der Waals surface area contributed by atoms with Crippen molar-refractivity contribution < 1.29 is 21.9 Å². The molecule has 0 aliphatic carbocycles. The van der Waals surface area contributed by atoms with Crippen LogP contribution in [0.3, 0.4) is 0 Å². The van der Waals surface area contributed by atoms with Crippen LogP contribution in [-0.2, 0) is 10.0 Å². The van der Waals surface area contributed by atoms with Crippen LogP contribution in [0.2, 0.25) is 0 Å². The average Bonchev–Trinajstić information content (AvgIpc) is 2.99. The Morgan fingerprint density at radius 1 is 1.12 bits per heavy atom. The molecule has 2 heterocycles. The molecule has 0 radical (unpaired) electrons. The van der Waals surface area contributed by atoms with Crippen LogP contribution in [0.1, 0.15) is 5.69 Å². The fourth-order valence-corrected chi connectivity index (χ4v) is 3.82. The Labute approximate surface area is 143 Å². The minimum atomic E-state index is -4.09. The van der Waals surface area contributed by atoms with E-state index < -0.39 is 21.7 Å². The predicted molar refractivity (Wildman–Crippen MR) is 87.9 cm³/mol. The van der Waals surface area contributed by atoms with E-state index in [1.54, 1.807) is 19.1 Å². The Bertz CT molecular complexity index is 1050. The second-order valence-electron chi connectivity index (χ2n) is 5.27. The van der Waals surface area contributed by atoms with E-state index in [9.17, 15) is 17.2 Å². The maximum absolute atomic E-state index is 14.2. The quantitative estimate of drug-likeness (QED) is 0.712. The number of aryl methyl sites for hydroxylation is 1. The summed E-state index contributed by atoms with van der Waals surface area (Å²) in [6.07, 6.45) is 1.25. The van der Waals surface area contributed by atoms with Crippen molar-refractivity contribution in [1.29, 1.82) is 0 Å². The maximum atomic E-state index is 14.2. The first-order chi connectivity index (χ1) is 11.8. The Kier molecular flexibility index (Phi) is 4.30. The number of nitrogens with zero attached hydrogens (tertiary/aromatic N) is 2. The summed E-state index contributed by atoms with van der Waals surface area (Å²) in [5.74, 6) is -1.52. The minimum absolute atomic E-state index is 0.0386. The number of aromatic nitrogens is 2. The highest BCUT2D eigenvalue weighted by atomic mass is 32.2. The van der Waals surface area contributed by atoms with Crippen molar-refractivity contribution in [1.82, 2.24) is 8.96 Å². The third kappa shape index (κ3) is 3.00. The van der Waals surface area contributed by atoms with Crippen molar-refractivity contribution in [2.24, 2.45) is 0 Å². The minimum Gasteiger partial charge on any atom is -0.494 e. The second-order valence-corrected chi connectivity index (χ2v) is 7.04. The maximum Gasteiger partial charge on any atom is 0.285 e. The van der Waals surface area contributed by atoms with Gasteiger partial charge in [-0.25, -0.2) is 17.7 Å². The largest absolute Gasteiger partial charge is 0.494 e. The van der Waals surface area contributed by atoms with Gasteiger partial charge in [-0.3, -0.25) is 0 Å².